The Morgan fingerprint density at radius 2 is 1.75 bits per heavy atom. The summed E-state index contributed by atoms with van der Waals surface area (Å²) in [5.41, 5.74) is -3.77. The van der Waals surface area contributed by atoms with Crippen LogP contribution < -0.4 is 0 Å². The lowest BCUT2D eigenvalue weighted by atomic mass is 9.66. The summed E-state index contributed by atoms with van der Waals surface area (Å²) in [6.07, 6.45) is -7.31. The highest BCUT2D eigenvalue weighted by molar-refractivity contribution is 5.94. The Morgan fingerprint density at radius 1 is 1.11 bits per heavy atom. The van der Waals surface area contributed by atoms with Gasteiger partial charge in [0, 0.05) is 16.7 Å². The number of hydrogen-bond donors (Lipinski definition) is 1. The standard InChI is InChI=1S/C26H28F3NO6/c1-14-17(15(2)30-18(14)20(31)34-13-16-9-7-6-8-10-16)19(26(27,28)29)35-22(33)25-12-11-24(5,21(32)36-25)23(25,3)4/h6-10,19,30H,11-13H2,1-5H3/t19-,24-,25+/m0/s1. The van der Waals surface area contributed by atoms with Crippen LogP contribution in [-0.2, 0) is 30.4 Å². The zero-order chi connectivity index (χ0) is 26.7. The van der Waals surface area contributed by atoms with Crippen molar-refractivity contribution in [2.75, 3.05) is 0 Å². The first-order valence-electron chi connectivity index (χ1n) is 11.6. The van der Waals surface area contributed by atoms with Gasteiger partial charge in [0.25, 0.3) is 0 Å². The second-order valence-corrected chi connectivity index (χ2v) is 10.2. The minimum Gasteiger partial charge on any atom is -0.456 e. The molecule has 1 N–H and O–H groups in total. The van der Waals surface area contributed by atoms with Gasteiger partial charge in [-0.15, -0.1) is 0 Å². The number of rotatable bonds is 6. The molecule has 0 spiro atoms. The van der Waals surface area contributed by atoms with E-state index in [-0.39, 0.29) is 35.5 Å². The lowest BCUT2D eigenvalue weighted by Gasteiger charge is -2.35. The lowest BCUT2D eigenvalue weighted by molar-refractivity contribution is -0.236. The number of fused-ring (bicyclic) bond motifs is 2. The molecule has 194 valence electrons. The lowest BCUT2D eigenvalue weighted by Crippen LogP contribution is -2.50. The van der Waals surface area contributed by atoms with Gasteiger partial charge in [-0.3, -0.25) is 4.79 Å². The first-order chi connectivity index (χ1) is 16.7. The first-order valence-corrected chi connectivity index (χ1v) is 11.6. The number of benzene rings is 1. The molecule has 10 heteroatoms. The van der Waals surface area contributed by atoms with Crippen molar-refractivity contribution in [3.63, 3.8) is 0 Å². The summed E-state index contributed by atoms with van der Waals surface area (Å²) in [7, 11) is 0. The molecule has 2 bridgehead atoms. The average molecular weight is 508 g/mol. The van der Waals surface area contributed by atoms with E-state index in [0.717, 1.165) is 0 Å². The molecule has 0 unspecified atom stereocenters. The van der Waals surface area contributed by atoms with E-state index in [0.29, 0.717) is 12.0 Å². The van der Waals surface area contributed by atoms with Gasteiger partial charge in [0.15, 0.2) is 0 Å². The van der Waals surface area contributed by atoms with Crippen LogP contribution in [0, 0.1) is 24.7 Å². The SMILES string of the molecule is Cc1[nH]c(C(=O)OCc2ccccc2)c(C)c1[C@H](OC(=O)[C@@]12CC[C@@](C)(C(=O)O1)C2(C)C)C(F)(F)F. The monoisotopic (exact) mass is 507 g/mol. The summed E-state index contributed by atoms with van der Waals surface area (Å²) >= 11 is 0. The van der Waals surface area contributed by atoms with Crippen LogP contribution in [0.3, 0.4) is 0 Å². The van der Waals surface area contributed by atoms with Crippen molar-refractivity contribution in [3.8, 4) is 0 Å². The van der Waals surface area contributed by atoms with E-state index in [9.17, 15) is 27.6 Å². The number of halogens is 3. The van der Waals surface area contributed by atoms with Crippen molar-refractivity contribution in [3.05, 3.63) is 58.4 Å². The molecule has 1 saturated carbocycles. The van der Waals surface area contributed by atoms with Gasteiger partial charge in [0.05, 0.1) is 5.41 Å². The van der Waals surface area contributed by atoms with Crippen molar-refractivity contribution in [1.82, 2.24) is 4.98 Å². The third kappa shape index (κ3) is 3.69. The van der Waals surface area contributed by atoms with Crippen molar-refractivity contribution < 1.29 is 41.8 Å². The number of aromatic nitrogens is 1. The van der Waals surface area contributed by atoms with Gasteiger partial charge in [-0.25, -0.2) is 9.59 Å². The Hall–Kier alpha value is -3.30. The molecule has 7 nitrogen and oxygen atoms in total. The molecule has 1 aromatic carbocycles. The van der Waals surface area contributed by atoms with E-state index < -0.39 is 46.6 Å². The minimum atomic E-state index is -5.00. The summed E-state index contributed by atoms with van der Waals surface area (Å²) in [4.78, 5) is 41.1. The molecule has 2 aliphatic rings. The van der Waals surface area contributed by atoms with Gasteiger partial charge in [0.1, 0.15) is 12.3 Å². The molecule has 1 aromatic heterocycles. The number of nitrogens with one attached hydrogen (secondary N) is 1. The molecule has 1 aliphatic carbocycles. The Bertz CT molecular complexity index is 1220. The number of aromatic amines is 1. The predicted molar refractivity (Wildman–Crippen MR) is 121 cm³/mol. The molecular formula is C26H28F3NO6. The molecule has 2 aromatic rings. The fraction of sp³-hybridized carbons (Fsp3) is 0.500. The van der Waals surface area contributed by atoms with Crippen molar-refractivity contribution >= 4 is 17.9 Å². The number of H-pyrrole nitrogens is 1. The normalized spacial score (nSPS) is 25.4. The van der Waals surface area contributed by atoms with Crippen LogP contribution in [-0.4, -0.2) is 34.7 Å². The number of alkyl halides is 3. The highest BCUT2D eigenvalue weighted by atomic mass is 19.4. The Balaban J connectivity index is 1.62. The molecule has 0 radical (unpaired) electrons. The van der Waals surface area contributed by atoms with E-state index >= 15 is 0 Å². The fourth-order valence-electron chi connectivity index (χ4n) is 5.35. The van der Waals surface area contributed by atoms with Gasteiger partial charge in [-0.2, -0.15) is 13.2 Å². The average Bonchev–Trinajstić information content (AvgIpc) is 3.27. The zero-order valence-corrected chi connectivity index (χ0v) is 20.7. The number of ether oxygens (including phenoxy) is 3. The number of esters is 3. The topological polar surface area (TPSA) is 94.7 Å². The van der Waals surface area contributed by atoms with Crippen LogP contribution in [0.2, 0.25) is 0 Å². The number of carbonyl (C=O) groups is 3. The van der Waals surface area contributed by atoms with Crippen LogP contribution in [0.1, 0.15) is 72.6 Å². The number of aryl methyl sites for hydroxylation is 1. The van der Waals surface area contributed by atoms with Crippen LogP contribution in [0.15, 0.2) is 30.3 Å². The van der Waals surface area contributed by atoms with Crippen LogP contribution >= 0.6 is 0 Å². The molecule has 4 rings (SSSR count). The fourth-order valence-corrected chi connectivity index (χ4v) is 5.35. The second kappa shape index (κ2) is 8.38. The molecule has 36 heavy (non-hydrogen) atoms. The third-order valence-corrected chi connectivity index (χ3v) is 8.11. The van der Waals surface area contributed by atoms with E-state index in [2.05, 4.69) is 4.98 Å². The minimum absolute atomic E-state index is 0.00530. The van der Waals surface area contributed by atoms with E-state index in [4.69, 9.17) is 14.2 Å². The summed E-state index contributed by atoms with van der Waals surface area (Å²) in [5, 5.41) is 0. The summed E-state index contributed by atoms with van der Waals surface area (Å²) < 4.78 is 58.5. The van der Waals surface area contributed by atoms with E-state index in [1.165, 1.54) is 13.8 Å². The third-order valence-electron chi connectivity index (χ3n) is 8.11. The van der Waals surface area contributed by atoms with Gasteiger partial charge in [-0.05, 0) is 44.7 Å². The van der Waals surface area contributed by atoms with Gasteiger partial charge >= 0.3 is 24.1 Å². The highest BCUT2D eigenvalue weighted by Gasteiger charge is 2.77. The molecular weight excluding hydrogens is 479 g/mol. The Morgan fingerprint density at radius 3 is 2.28 bits per heavy atom. The molecule has 2 fully saturated rings. The van der Waals surface area contributed by atoms with Crippen LogP contribution in [0.4, 0.5) is 13.2 Å². The zero-order valence-electron chi connectivity index (χ0n) is 20.7. The smallest absolute Gasteiger partial charge is 0.429 e. The predicted octanol–water partition coefficient (Wildman–Crippen LogP) is 5.26. The molecule has 2 heterocycles. The summed E-state index contributed by atoms with van der Waals surface area (Å²) in [5.74, 6) is -2.72. The quantitative estimate of drug-likeness (QED) is 0.424. The van der Waals surface area contributed by atoms with Gasteiger partial charge in [0.2, 0.25) is 11.7 Å². The molecule has 3 atom stereocenters. The molecule has 1 saturated heterocycles. The summed E-state index contributed by atoms with van der Waals surface area (Å²) in [6.45, 7) is 7.52. The first kappa shape index (κ1) is 25.8. The number of carbonyl (C=O) groups excluding carboxylic acids is 3. The van der Waals surface area contributed by atoms with Crippen LogP contribution in [0.5, 0.6) is 0 Å². The van der Waals surface area contributed by atoms with Crippen LogP contribution in [0.25, 0.3) is 0 Å². The van der Waals surface area contributed by atoms with Gasteiger partial charge in [-0.1, -0.05) is 44.2 Å². The number of hydrogen-bond acceptors (Lipinski definition) is 6. The summed E-state index contributed by atoms with van der Waals surface area (Å²) in [6, 6.07) is 8.82. The highest BCUT2D eigenvalue weighted by Crippen LogP contribution is 2.66. The maximum atomic E-state index is 14.3. The molecule has 0 amide bonds. The Kier molecular flexibility index (Phi) is 6.00. The van der Waals surface area contributed by atoms with Gasteiger partial charge < -0.3 is 19.2 Å². The largest absolute Gasteiger partial charge is 0.456 e. The Labute approximate surface area is 206 Å². The second-order valence-electron chi connectivity index (χ2n) is 10.2. The molecule has 1 aliphatic heterocycles. The van der Waals surface area contributed by atoms with E-state index in [1.54, 1.807) is 51.1 Å². The van der Waals surface area contributed by atoms with E-state index in [1.807, 2.05) is 0 Å². The maximum Gasteiger partial charge on any atom is 0.429 e. The van der Waals surface area contributed by atoms with Crippen molar-refractivity contribution in [2.24, 2.45) is 10.8 Å². The maximum absolute atomic E-state index is 14.3. The van der Waals surface area contributed by atoms with Crippen molar-refractivity contribution in [1.29, 1.82) is 0 Å². The van der Waals surface area contributed by atoms with Crippen molar-refractivity contribution in [2.45, 2.75) is 71.9 Å².